The van der Waals surface area contributed by atoms with Crippen molar-refractivity contribution in [2.24, 2.45) is 0 Å². The first-order valence-electron chi connectivity index (χ1n) is 10.2. The van der Waals surface area contributed by atoms with E-state index in [1.165, 1.54) is 55.6 Å². The van der Waals surface area contributed by atoms with Crippen LogP contribution in [0.5, 0.6) is 0 Å². The third kappa shape index (κ3) is 1.96. The van der Waals surface area contributed by atoms with Crippen LogP contribution in [0.4, 0.5) is 0 Å². The van der Waals surface area contributed by atoms with E-state index in [4.69, 9.17) is 9.97 Å². The summed E-state index contributed by atoms with van der Waals surface area (Å²) in [4.78, 5) is 9.84. The molecule has 0 aliphatic heterocycles. The average molecular weight is 374 g/mol. The van der Waals surface area contributed by atoms with E-state index >= 15 is 0 Å². The highest BCUT2D eigenvalue weighted by Gasteiger charge is 2.53. The van der Waals surface area contributed by atoms with E-state index < -0.39 is 0 Å². The molecule has 2 nitrogen and oxygen atoms in total. The third-order valence-electron chi connectivity index (χ3n) is 6.53. The zero-order valence-electron chi connectivity index (χ0n) is 17.2. The molecule has 0 radical (unpaired) electrons. The van der Waals surface area contributed by atoms with E-state index in [2.05, 4.69) is 76.2 Å². The smallest absolute Gasteiger partial charge is 0.0757 e. The average Bonchev–Trinajstić information content (AvgIpc) is 3.13. The summed E-state index contributed by atoms with van der Waals surface area (Å²) in [5.74, 6) is 0. The summed E-state index contributed by atoms with van der Waals surface area (Å²) in [7, 11) is 0. The van der Waals surface area contributed by atoms with Crippen molar-refractivity contribution < 1.29 is 0 Å². The van der Waals surface area contributed by atoms with Crippen LogP contribution in [0.1, 0.15) is 44.5 Å². The number of benzene rings is 2. The van der Waals surface area contributed by atoms with Gasteiger partial charge in [-0.2, -0.15) is 0 Å². The molecule has 0 N–H and O–H groups in total. The molecule has 0 fully saturated rings. The van der Waals surface area contributed by atoms with Crippen molar-refractivity contribution in [3.63, 3.8) is 0 Å². The van der Waals surface area contributed by atoms with Gasteiger partial charge in [-0.1, -0.05) is 59.7 Å². The van der Waals surface area contributed by atoms with Crippen LogP contribution in [0.3, 0.4) is 0 Å². The van der Waals surface area contributed by atoms with Crippen molar-refractivity contribution in [3.05, 3.63) is 105 Å². The fourth-order valence-electron chi connectivity index (χ4n) is 5.36. The molecule has 6 rings (SSSR count). The molecular formula is C27H22N2. The zero-order valence-corrected chi connectivity index (χ0v) is 17.2. The van der Waals surface area contributed by atoms with Crippen LogP contribution in [-0.4, -0.2) is 9.97 Å². The molecule has 1 spiro atoms. The predicted molar refractivity (Wildman–Crippen MR) is 117 cm³/mol. The van der Waals surface area contributed by atoms with Crippen LogP contribution in [-0.2, 0) is 5.41 Å². The summed E-state index contributed by atoms with van der Waals surface area (Å²) in [6, 6.07) is 18.3. The summed E-state index contributed by atoms with van der Waals surface area (Å²) >= 11 is 0. The summed E-state index contributed by atoms with van der Waals surface area (Å²) < 4.78 is 0. The molecule has 2 aliphatic carbocycles. The lowest BCUT2D eigenvalue weighted by Crippen LogP contribution is -2.26. The normalized spacial score (nSPS) is 14.5. The molecule has 0 saturated heterocycles. The Morgan fingerprint density at radius 3 is 1.38 bits per heavy atom. The lowest BCUT2D eigenvalue weighted by Gasteiger charge is -2.30. The minimum Gasteiger partial charge on any atom is -0.256 e. The first kappa shape index (κ1) is 16.7. The van der Waals surface area contributed by atoms with E-state index in [9.17, 15) is 0 Å². The molecule has 0 amide bonds. The van der Waals surface area contributed by atoms with Gasteiger partial charge in [-0.3, -0.25) is 9.97 Å². The highest BCUT2D eigenvalue weighted by Crippen LogP contribution is 2.62. The zero-order chi connectivity index (χ0) is 19.9. The van der Waals surface area contributed by atoms with E-state index in [1.807, 2.05) is 12.4 Å². The Kier molecular flexibility index (Phi) is 3.11. The van der Waals surface area contributed by atoms with Crippen molar-refractivity contribution in [2.45, 2.75) is 33.1 Å². The van der Waals surface area contributed by atoms with Crippen molar-refractivity contribution in [2.75, 3.05) is 0 Å². The lowest BCUT2D eigenvalue weighted by molar-refractivity contribution is 0.784. The van der Waals surface area contributed by atoms with Gasteiger partial charge >= 0.3 is 0 Å². The Morgan fingerprint density at radius 2 is 0.931 bits per heavy atom. The molecule has 4 aromatic rings. The van der Waals surface area contributed by atoms with E-state index in [-0.39, 0.29) is 5.41 Å². The lowest BCUT2D eigenvalue weighted by atomic mass is 9.70. The molecule has 2 aromatic heterocycles. The number of pyridine rings is 2. The molecule has 29 heavy (non-hydrogen) atoms. The van der Waals surface area contributed by atoms with E-state index in [0.717, 1.165) is 11.4 Å². The number of fused-ring (bicyclic) bond motifs is 10. The molecule has 2 aliphatic rings. The highest BCUT2D eigenvalue weighted by molar-refractivity contribution is 5.93. The SMILES string of the molecule is Cc1ccc2c(c1)C1(c3cc(C)ccc3-c3ncc(C)cc31)c1cc(C)cnc1-2. The van der Waals surface area contributed by atoms with Crippen LogP contribution in [0, 0.1) is 27.7 Å². The van der Waals surface area contributed by atoms with Crippen LogP contribution >= 0.6 is 0 Å². The number of rotatable bonds is 0. The number of hydrogen-bond acceptors (Lipinski definition) is 2. The first-order chi connectivity index (χ1) is 14.0. The Bertz CT molecular complexity index is 1140. The minimum atomic E-state index is -0.342. The van der Waals surface area contributed by atoms with Crippen molar-refractivity contribution in [1.82, 2.24) is 9.97 Å². The number of hydrogen-bond donors (Lipinski definition) is 0. The largest absolute Gasteiger partial charge is 0.256 e. The first-order valence-corrected chi connectivity index (χ1v) is 10.2. The quantitative estimate of drug-likeness (QED) is 0.323. The van der Waals surface area contributed by atoms with Gasteiger partial charge in [0, 0.05) is 23.5 Å². The molecule has 0 atom stereocenters. The van der Waals surface area contributed by atoms with E-state index in [0.29, 0.717) is 0 Å². The molecule has 0 bridgehead atoms. The van der Waals surface area contributed by atoms with Gasteiger partial charge in [-0.05, 0) is 61.1 Å². The van der Waals surface area contributed by atoms with Gasteiger partial charge in [0.15, 0.2) is 0 Å². The molecule has 0 unspecified atom stereocenters. The van der Waals surface area contributed by atoms with Crippen molar-refractivity contribution in [3.8, 4) is 22.5 Å². The van der Waals surface area contributed by atoms with Gasteiger partial charge in [-0.15, -0.1) is 0 Å². The molecule has 0 saturated carbocycles. The maximum absolute atomic E-state index is 4.92. The standard InChI is InChI=1S/C27H22N2/c1-15-5-7-19-21(9-15)27(23-11-17(3)13-28-25(19)23)22-10-16(2)6-8-20(22)26-24(27)12-18(4)14-29-26/h5-14H,1-4H3. The van der Waals surface area contributed by atoms with Gasteiger partial charge in [0.25, 0.3) is 0 Å². The monoisotopic (exact) mass is 374 g/mol. The van der Waals surface area contributed by atoms with Crippen LogP contribution < -0.4 is 0 Å². The summed E-state index contributed by atoms with van der Waals surface area (Å²) in [6.45, 7) is 8.63. The second-order valence-electron chi connectivity index (χ2n) is 8.67. The minimum absolute atomic E-state index is 0.342. The fourth-order valence-corrected chi connectivity index (χ4v) is 5.36. The van der Waals surface area contributed by atoms with Gasteiger partial charge in [0.05, 0.1) is 16.8 Å². The Morgan fingerprint density at radius 1 is 0.517 bits per heavy atom. The Balaban J connectivity index is 1.88. The molecule has 140 valence electrons. The van der Waals surface area contributed by atoms with Gasteiger partial charge in [0.1, 0.15) is 0 Å². The van der Waals surface area contributed by atoms with E-state index in [1.54, 1.807) is 0 Å². The molecule has 2 heterocycles. The number of nitrogens with zero attached hydrogens (tertiary/aromatic N) is 2. The predicted octanol–water partition coefficient (Wildman–Crippen LogP) is 6.05. The fraction of sp³-hybridized carbons (Fsp3) is 0.185. The second-order valence-corrected chi connectivity index (χ2v) is 8.67. The highest BCUT2D eigenvalue weighted by atomic mass is 14.8. The second kappa shape index (κ2) is 5.42. The molecular weight excluding hydrogens is 352 g/mol. The third-order valence-corrected chi connectivity index (χ3v) is 6.53. The summed E-state index contributed by atoms with van der Waals surface area (Å²) in [6.07, 6.45) is 3.98. The van der Waals surface area contributed by atoms with Crippen LogP contribution in [0.25, 0.3) is 22.5 Å². The number of aromatic nitrogens is 2. The maximum Gasteiger partial charge on any atom is 0.0757 e. The number of aryl methyl sites for hydroxylation is 4. The van der Waals surface area contributed by atoms with Crippen molar-refractivity contribution >= 4 is 0 Å². The van der Waals surface area contributed by atoms with Crippen LogP contribution in [0.2, 0.25) is 0 Å². The summed E-state index contributed by atoms with van der Waals surface area (Å²) in [5, 5.41) is 0. The van der Waals surface area contributed by atoms with Gasteiger partial charge in [0.2, 0.25) is 0 Å². The Hall–Kier alpha value is -3.26. The molecule has 2 heteroatoms. The maximum atomic E-state index is 4.92. The van der Waals surface area contributed by atoms with Crippen LogP contribution in [0.15, 0.2) is 60.9 Å². The summed E-state index contributed by atoms with van der Waals surface area (Å²) in [5.41, 5.74) is 14.5. The van der Waals surface area contributed by atoms with Gasteiger partial charge in [-0.25, -0.2) is 0 Å². The molecule has 2 aromatic carbocycles. The topological polar surface area (TPSA) is 25.8 Å². The van der Waals surface area contributed by atoms with Gasteiger partial charge < -0.3 is 0 Å². The van der Waals surface area contributed by atoms with Crippen molar-refractivity contribution in [1.29, 1.82) is 0 Å². The Labute approximate surface area is 171 Å².